The Morgan fingerprint density at radius 3 is 2.61 bits per heavy atom. The Morgan fingerprint density at radius 2 is 2.06 bits per heavy atom. The minimum Gasteiger partial charge on any atom is -0.316 e. The van der Waals surface area contributed by atoms with Crippen LogP contribution in [0.2, 0.25) is 5.02 Å². The summed E-state index contributed by atoms with van der Waals surface area (Å²) in [7, 11) is 0. The molecule has 0 saturated carbocycles. The maximum absolute atomic E-state index is 13.8. The second-order valence-corrected chi connectivity index (χ2v) is 5.58. The van der Waals surface area contributed by atoms with Gasteiger partial charge in [0, 0.05) is 5.02 Å². The van der Waals surface area contributed by atoms with Crippen molar-refractivity contribution in [3.05, 3.63) is 34.6 Å². The predicted molar refractivity (Wildman–Crippen MR) is 76.6 cm³/mol. The normalized spacial score (nSPS) is 13.0. The van der Waals surface area contributed by atoms with E-state index >= 15 is 0 Å². The molecule has 3 heteroatoms. The molecule has 18 heavy (non-hydrogen) atoms. The van der Waals surface area contributed by atoms with Crippen LogP contribution in [0.1, 0.15) is 32.8 Å². The lowest BCUT2D eigenvalue weighted by Gasteiger charge is -2.21. The number of rotatable bonds is 7. The molecule has 0 aliphatic heterocycles. The lowest BCUT2D eigenvalue weighted by molar-refractivity contribution is 0.357. The van der Waals surface area contributed by atoms with Crippen LogP contribution in [0.5, 0.6) is 0 Å². The minimum atomic E-state index is -0.191. The second-order valence-electron chi connectivity index (χ2n) is 5.15. The molecule has 0 bridgehead atoms. The first-order valence-electron chi connectivity index (χ1n) is 6.69. The van der Waals surface area contributed by atoms with Crippen LogP contribution in [0, 0.1) is 17.7 Å². The molecule has 0 amide bonds. The molecule has 0 spiro atoms. The third-order valence-corrected chi connectivity index (χ3v) is 3.51. The molecular weight excluding hydrogens is 249 g/mol. The molecule has 1 nitrogen and oxygen atoms in total. The van der Waals surface area contributed by atoms with E-state index in [1.807, 2.05) is 0 Å². The second kappa shape index (κ2) is 7.75. The van der Waals surface area contributed by atoms with Gasteiger partial charge in [-0.05, 0) is 55.5 Å². The number of hydrogen-bond acceptors (Lipinski definition) is 1. The van der Waals surface area contributed by atoms with Crippen molar-refractivity contribution in [2.24, 2.45) is 11.8 Å². The van der Waals surface area contributed by atoms with Gasteiger partial charge >= 0.3 is 0 Å². The quantitative estimate of drug-likeness (QED) is 0.730. The van der Waals surface area contributed by atoms with E-state index in [0.29, 0.717) is 16.9 Å². The molecule has 102 valence electrons. The van der Waals surface area contributed by atoms with Crippen molar-refractivity contribution in [1.29, 1.82) is 0 Å². The molecule has 0 aliphatic rings. The van der Waals surface area contributed by atoms with Gasteiger partial charge in [0.1, 0.15) is 5.82 Å². The molecule has 0 heterocycles. The van der Waals surface area contributed by atoms with E-state index in [9.17, 15) is 4.39 Å². The molecule has 1 rings (SSSR count). The lowest BCUT2D eigenvalue weighted by atomic mass is 9.89. The molecule has 0 saturated heterocycles. The van der Waals surface area contributed by atoms with Crippen molar-refractivity contribution >= 4 is 11.6 Å². The van der Waals surface area contributed by atoms with Crippen LogP contribution in [0.25, 0.3) is 0 Å². The van der Waals surface area contributed by atoms with Gasteiger partial charge in [0.15, 0.2) is 0 Å². The maximum Gasteiger partial charge on any atom is 0.127 e. The van der Waals surface area contributed by atoms with E-state index in [0.717, 1.165) is 31.5 Å². The van der Waals surface area contributed by atoms with Crippen molar-refractivity contribution < 1.29 is 4.39 Å². The van der Waals surface area contributed by atoms with Gasteiger partial charge in [-0.1, -0.05) is 38.4 Å². The molecule has 1 aromatic carbocycles. The highest BCUT2D eigenvalue weighted by Gasteiger charge is 2.15. The largest absolute Gasteiger partial charge is 0.316 e. The Hall–Kier alpha value is -0.600. The molecule has 0 aliphatic carbocycles. The summed E-state index contributed by atoms with van der Waals surface area (Å²) in [6.45, 7) is 8.48. The Bertz CT molecular complexity index is 366. The van der Waals surface area contributed by atoms with E-state index in [1.54, 1.807) is 12.1 Å². The van der Waals surface area contributed by atoms with E-state index in [1.165, 1.54) is 6.07 Å². The van der Waals surface area contributed by atoms with Crippen molar-refractivity contribution in [3.8, 4) is 0 Å². The molecule has 1 atom stereocenters. The minimum absolute atomic E-state index is 0.191. The van der Waals surface area contributed by atoms with Gasteiger partial charge in [0.05, 0.1) is 0 Å². The summed E-state index contributed by atoms with van der Waals surface area (Å²) in [6.07, 6.45) is 1.89. The number of benzene rings is 1. The first-order chi connectivity index (χ1) is 8.54. The number of hydrogen-bond donors (Lipinski definition) is 1. The van der Waals surface area contributed by atoms with Gasteiger partial charge in [-0.15, -0.1) is 0 Å². The van der Waals surface area contributed by atoms with Gasteiger partial charge in [-0.25, -0.2) is 4.39 Å². The lowest BCUT2D eigenvalue weighted by Crippen LogP contribution is -2.28. The Kier molecular flexibility index (Phi) is 6.66. The van der Waals surface area contributed by atoms with Crippen molar-refractivity contribution in [1.82, 2.24) is 5.32 Å². The van der Waals surface area contributed by atoms with Crippen LogP contribution < -0.4 is 5.32 Å². The first-order valence-corrected chi connectivity index (χ1v) is 7.07. The monoisotopic (exact) mass is 271 g/mol. The summed E-state index contributed by atoms with van der Waals surface area (Å²) in [6, 6.07) is 4.96. The van der Waals surface area contributed by atoms with Gasteiger partial charge in [-0.2, -0.15) is 0 Å². The molecule has 1 N–H and O–H groups in total. The first kappa shape index (κ1) is 15.5. The fraction of sp³-hybridized carbons (Fsp3) is 0.600. The summed E-state index contributed by atoms with van der Waals surface area (Å²) in [5, 5.41) is 3.88. The zero-order chi connectivity index (χ0) is 13.5. The Labute approximate surface area is 115 Å². The van der Waals surface area contributed by atoms with Crippen molar-refractivity contribution in [3.63, 3.8) is 0 Å². The van der Waals surface area contributed by atoms with E-state index in [4.69, 9.17) is 11.6 Å². The van der Waals surface area contributed by atoms with Crippen LogP contribution in [0.15, 0.2) is 18.2 Å². The van der Waals surface area contributed by atoms with Gasteiger partial charge in [0.25, 0.3) is 0 Å². The third-order valence-electron chi connectivity index (χ3n) is 3.27. The van der Waals surface area contributed by atoms with Crippen molar-refractivity contribution in [2.75, 3.05) is 13.1 Å². The van der Waals surface area contributed by atoms with Crippen LogP contribution in [0.3, 0.4) is 0 Å². The van der Waals surface area contributed by atoms with E-state index in [-0.39, 0.29) is 5.82 Å². The van der Waals surface area contributed by atoms with Gasteiger partial charge in [-0.3, -0.25) is 0 Å². The van der Waals surface area contributed by atoms with Crippen LogP contribution in [0.4, 0.5) is 4.39 Å². The third kappa shape index (κ3) is 4.95. The maximum atomic E-state index is 13.8. The van der Waals surface area contributed by atoms with Crippen LogP contribution in [-0.4, -0.2) is 13.1 Å². The molecule has 1 aromatic rings. The highest BCUT2D eigenvalue weighted by molar-refractivity contribution is 6.30. The number of halogens is 2. The summed E-state index contributed by atoms with van der Waals surface area (Å²) < 4.78 is 13.8. The van der Waals surface area contributed by atoms with E-state index < -0.39 is 0 Å². The van der Waals surface area contributed by atoms with Crippen molar-refractivity contribution in [2.45, 2.75) is 33.6 Å². The summed E-state index contributed by atoms with van der Waals surface area (Å²) in [5.74, 6) is 0.792. The average Bonchev–Trinajstić information content (AvgIpc) is 2.30. The zero-order valence-corrected chi connectivity index (χ0v) is 12.2. The molecule has 0 fully saturated rings. The Morgan fingerprint density at radius 1 is 1.33 bits per heavy atom. The highest BCUT2D eigenvalue weighted by Crippen LogP contribution is 2.21. The topological polar surface area (TPSA) is 12.0 Å². The Balaban J connectivity index is 2.64. The molecular formula is C15H23ClFN. The fourth-order valence-corrected chi connectivity index (χ4v) is 2.14. The molecule has 0 radical (unpaired) electrons. The fourth-order valence-electron chi connectivity index (χ4n) is 1.98. The predicted octanol–water partition coefficient (Wildman–Crippen LogP) is 4.29. The standard InChI is InChI=1S/C15H23ClFN/c1-4-7-18-10-13(11(2)3)8-12-5-6-14(16)9-15(12)17/h5-6,9,11,13,18H,4,7-8,10H2,1-3H3. The SMILES string of the molecule is CCCNCC(Cc1ccc(Cl)cc1F)C(C)C. The van der Waals surface area contributed by atoms with Gasteiger partial charge in [0.2, 0.25) is 0 Å². The highest BCUT2D eigenvalue weighted by atomic mass is 35.5. The average molecular weight is 272 g/mol. The van der Waals surface area contributed by atoms with Crippen LogP contribution in [-0.2, 0) is 6.42 Å². The number of nitrogens with one attached hydrogen (secondary N) is 1. The molecule has 1 unspecified atom stereocenters. The molecule has 0 aromatic heterocycles. The smallest absolute Gasteiger partial charge is 0.127 e. The van der Waals surface area contributed by atoms with Crippen LogP contribution >= 0.6 is 11.6 Å². The summed E-state index contributed by atoms with van der Waals surface area (Å²) in [4.78, 5) is 0. The zero-order valence-electron chi connectivity index (χ0n) is 11.5. The van der Waals surface area contributed by atoms with Gasteiger partial charge < -0.3 is 5.32 Å². The van der Waals surface area contributed by atoms with E-state index in [2.05, 4.69) is 26.1 Å². The summed E-state index contributed by atoms with van der Waals surface area (Å²) >= 11 is 5.77. The summed E-state index contributed by atoms with van der Waals surface area (Å²) in [5.41, 5.74) is 0.761.